The summed E-state index contributed by atoms with van der Waals surface area (Å²) in [6.07, 6.45) is 2.76. The molecule has 1 fully saturated rings. The number of ether oxygens (including phenoxy) is 1. The molecule has 1 aliphatic heterocycles. The van der Waals surface area contributed by atoms with Crippen LogP contribution in [0, 0.1) is 0 Å². The van der Waals surface area contributed by atoms with Crippen LogP contribution in [0.15, 0.2) is 60.7 Å². The number of allylic oxidation sites excluding steroid dienone is 1. The van der Waals surface area contributed by atoms with Crippen molar-refractivity contribution in [3.05, 3.63) is 88.5 Å². The number of hydrogen-bond donors (Lipinski definition) is 1. The zero-order valence-electron chi connectivity index (χ0n) is 21.5. The molecule has 3 aromatic carbocycles. The molecular formula is C32H28F3NO3. The van der Waals surface area contributed by atoms with Gasteiger partial charge in [0.25, 0.3) is 0 Å². The first kappa shape index (κ1) is 25.3. The van der Waals surface area contributed by atoms with Gasteiger partial charge in [-0.2, -0.15) is 13.2 Å². The summed E-state index contributed by atoms with van der Waals surface area (Å²) >= 11 is 0. The first-order valence-electron chi connectivity index (χ1n) is 13.2. The summed E-state index contributed by atoms with van der Waals surface area (Å²) in [6.45, 7) is 0.172. The van der Waals surface area contributed by atoms with Crippen LogP contribution in [0.5, 0.6) is 5.75 Å². The van der Waals surface area contributed by atoms with Gasteiger partial charge in [0.1, 0.15) is 5.75 Å². The normalized spacial score (nSPS) is 15.8. The van der Waals surface area contributed by atoms with Crippen LogP contribution in [0.4, 0.5) is 13.2 Å². The lowest BCUT2D eigenvalue weighted by Crippen LogP contribution is -2.11. The number of fused-ring (bicyclic) bond motifs is 5. The van der Waals surface area contributed by atoms with Crippen molar-refractivity contribution < 1.29 is 27.8 Å². The second-order valence-electron chi connectivity index (χ2n) is 10.4. The van der Waals surface area contributed by atoms with Gasteiger partial charge in [-0.1, -0.05) is 43.5 Å². The molecule has 0 radical (unpaired) electrons. The third-order valence-corrected chi connectivity index (χ3v) is 8.11. The third kappa shape index (κ3) is 4.40. The Bertz CT molecular complexity index is 1620. The minimum absolute atomic E-state index is 0.113. The van der Waals surface area contributed by atoms with Crippen molar-refractivity contribution in [3.63, 3.8) is 0 Å². The van der Waals surface area contributed by atoms with E-state index in [4.69, 9.17) is 4.74 Å². The zero-order valence-corrected chi connectivity index (χ0v) is 21.5. The summed E-state index contributed by atoms with van der Waals surface area (Å²) in [5.41, 5.74) is 4.59. The van der Waals surface area contributed by atoms with E-state index in [1.165, 1.54) is 18.6 Å². The molecule has 0 unspecified atom stereocenters. The summed E-state index contributed by atoms with van der Waals surface area (Å²) in [7, 11) is 1.57. The number of methoxy groups -OCH3 is 1. The molecule has 4 aromatic rings. The van der Waals surface area contributed by atoms with Crippen molar-refractivity contribution in [3.8, 4) is 17.0 Å². The Hall–Kier alpha value is -4.00. The van der Waals surface area contributed by atoms with E-state index in [0.29, 0.717) is 11.3 Å². The van der Waals surface area contributed by atoms with Crippen LogP contribution in [0.3, 0.4) is 0 Å². The predicted molar refractivity (Wildman–Crippen MR) is 146 cm³/mol. The Morgan fingerprint density at radius 3 is 2.46 bits per heavy atom. The van der Waals surface area contributed by atoms with Crippen LogP contribution in [-0.2, 0) is 12.7 Å². The number of aromatic nitrogens is 1. The fourth-order valence-electron chi connectivity index (χ4n) is 6.35. The van der Waals surface area contributed by atoms with Crippen molar-refractivity contribution in [2.24, 2.45) is 0 Å². The maximum Gasteiger partial charge on any atom is 0.416 e. The number of halogens is 3. The molecule has 1 N–H and O–H groups in total. The van der Waals surface area contributed by atoms with Gasteiger partial charge >= 0.3 is 12.1 Å². The quantitative estimate of drug-likeness (QED) is 0.287. The predicted octanol–water partition coefficient (Wildman–Crippen LogP) is 8.64. The van der Waals surface area contributed by atoms with Gasteiger partial charge in [-0.15, -0.1) is 0 Å². The molecule has 200 valence electrons. The van der Waals surface area contributed by atoms with E-state index in [1.807, 2.05) is 34.9 Å². The van der Waals surface area contributed by atoms with E-state index in [1.54, 1.807) is 25.3 Å². The standard InChI is InChI=1S/C32H28F3NO3/c1-39-23-12-14-25-21(16-23)15-22(24-9-5-6-10-27(24)32(33,34)35)18-36-28-17-20(31(37)38)11-13-26(28)29(30(25)36)19-7-3-2-4-8-19/h5-6,9-17,19H,2-4,7-8,18H2,1H3,(H,37,38). The highest BCUT2D eigenvalue weighted by Crippen LogP contribution is 2.48. The zero-order chi connectivity index (χ0) is 27.3. The minimum atomic E-state index is -4.52. The van der Waals surface area contributed by atoms with E-state index in [-0.39, 0.29) is 23.6 Å². The van der Waals surface area contributed by atoms with Gasteiger partial charge in [0.15, 0.2) is 0 Å². The van der Waals surface area contributed by atoms with Gasteiger partial charge in [-0.3, -0.25) is 0 Å². The Morgan fingerprint density at radius 2 is 1.74 bits per heavy atom. The third-order valence-electron chi connectivity index (χ3n) is 8.11. The molecule has 0 amide bonds. The number of carboxylic acid groups (broad SMARTS) is 1. The Balaban J connectivity index is 1.69. The average molecular weight is 532 g/mol. The Morgan fingerprint density at radius 1 is 0.974 bits per heavy atom. The van der Waals surface area contributed by atoms with Crippen molar-refractivity contribution in [1.82, 2.24) is 4.57 Å². The molecule has 39 heavy (non-hydrogen) atoms. The first-order valence-corrected chi connectivity index (χ1v) is 13.2. The molecule has 4 nitrogen and oxygen atoms in total. The fourth-order valence-corrected chi connectivity index (χ4v) is 6.35. The number of alkyl halides is 3. The number of benzene rings is 3. The summed E-state index contributed by atoms with van der Waals surface area (Å²) in [5, 5.41) is 10.7. The average Bonchev–Trinajstić information content (AvgIpc) is 3.15. The van der Waals surface area contributed by atoms with Gasteiger partial charge < -0.3 is 14.4 Å². The molecule has 6 rings (SSSR count). The number of rotatable bonds is 4. The molecular weight excluding hydrogens is 503 g/mol. The van der Waals surface area contributed by atoms with E-state index in [0.717, 1.165) is 65.0 Å². The maximum atomic E-state index is 14.1. The summed E-state index contributed by atoms with van der Waals surface area (Å²) in [6, 6.07) is 16.5. The Kier molecular flexibility index (Phi) is 6.25. The smallest absolute Gasteiger partial charge is 0.416 e. The molecule has 1 aromatic heterocycles. The molecule has 2 aliphatic rings. The van der Waals surface area contributed by atoms with Crippen LogP contribution < -0.4 is 4.74 Å². The maximum absolute atomic E-state index is 14.1. The highest BCUT2D eigenvalue weighted by atomic mass is 19.4. The number of hydrogen-bond acceptors (Lipinski definition) is 2. The van der Waals surface area contributed by atoms with Crippen LogP contribution >= 0.6 is 0 Å². The topological polar surface area (TPSA) is 51.5 Å². The fraction of sp³-hybridized carbons (Fsp3) is 0.281. The van der Waals surface area contributed by atoms with Gasteiger partial charge in [0, 0.05) is 23.0 Å². The van der Waals surface area contributed by atoms with Crippen molar-refractivity contribution >= 4 is 28.5 Å². The SMILES string of the molecule is COc1ccc2c(c1)C=C(c1ccccc1C(F)(F)F)Cn1c-2c(C2CCCCC2)c2ccc(C(=O)O)cc21. The van der Waals surface area contributed by atoms with Gasteiger partial charge in [-0.05, 0) is 83.5 Å². The number of carboxylic acids is 1. The van der Waals surface area contributed by atoms with Crippen molar-refractivity contribution in [1.29, 1.82) is 0 Å². The second kappa shape index (κ2) is 9.63. The van der Waals surface area contributed by atoms with E-state index < -0.39 is 17.7 Å². The molecule has 0 atom stereocenters. The van der Waals surface area contributed by atoms with E-state index in [2.05, 4.69) is 0 Å². The molecule has 0 saturated heterocycles. The number of nitrogens with zero attached hydrogens (tertiary/aromatic N) is 1. The summed E-state index contributed by atoms with van der Waals surface area (Å²) < 4.78 is 49.9. The first-order chi connectivity index (χ1) is 18.8. The van der Waals surface area contributed by atoms with Crippen LogP contribution in [0.1, 0.15) is 70.6 Å². The molecule has 2 heterocycles. The van der Waals surface area contributed by atoms with E-state index in [9.17, 15) is 23.1 Å². The molecule has 1 saturated carbocycles. The summed E-state index contributed by atoms with van der Waals surface area (Å²) in [5.74, 6) is -0.138. The van der Waals surface area contributed by atoms with Gasteiger partial charge in [0.05, 0.1) is 23.9 Å². The minimum Gasteiger partial charge on any atom is -0.497 e. The number of carbonyl (C=O) groups is 1. The lowest BCUT2D eigenvalue weighted by molar-refractivity contribution is -0.137. The highest BCUT2D eigenvalue weighted by Gasteiger charge is 2.35. The lowest BCUT2D eigenvalue weighted by atomic mass is 9.81. The van der Waals surface area contributed by atoms with E-state index >= 15 is 0 Å². The summed E-state index contributed by atoms with van der Waals surface area (Å²) in [4.78, 5) is 11.9. The molecule has 1 aliphatic carbocycles. The monoisotopic (exact) mass is 531 g/mol. The van der Waals surface area contributed by atoms with Crippen molar-refractivity contribution in [2.75, 3.05) is 7.11 Å². The van der Waals surface area contributed by atoms with Gasteiger partial charge in [0.2, 0.25) is 0 Å². The molecule has 0 spiro atoms. The van der Waals surface area contributed by atoms with Crippen LogP contribution in [0.25, 0.3) is 33.8 Å². The molecule has 7 heteroatoms. The lowest BCUT2D eigenvalue weighted by Gasteiger charge is -2.24. The highest BCUT2D eigenvalue weighted by molar-refractivity contribution is 6.01. The van der Waals surface area contributed by atoms with Gasteiger partial charge in [-0.25, -0.2) is 4.79 Å². The Labute approximate surface area is 224 Å². The van der Waals surface area contributed by atoms with Crippen molar-refractivity contribution in [2.45, 2.75) is 50.7 Å². The van der Waals surface area contributed by atoms with Crippen LogP contribution in [0.2, 0.25) is 0 Å². The second-order valence-corrected chi connectivity index (χ2v) is 10.4. The van der Waals surface area contributed by atoms with Crippen LogP contribution in [-0.4, -0.2) is 22.8 Å². The number of aromatic carboxylic acids is 1. The largest absolute Gasteiger partial charge is 0.497 e. The molecule has 0 bridgehead atoms.